The van der Waals surface area contributed by atoms with Gasteiger partial charge in [-0.15, -0.1) is 0 Å². The number of carbonyl (C=O) groups is 1. The molecule has 0 bridgehead atoms. The van der Waals surface area contributed by atoms with Crippen molar-refractivity contribution in [3.8, 4) is 5.75 Å². The maximum Gasteiger partial charge on any atom is 0.261 e. The van der Waals surface area contributed by atoms with Gasteiger partial charge in [-0.2, -0.15) is 0 Å². The molecular weight excluding hydrogens is 352 g/mol. The molecule has 128 valence electrons. The third-order valence-electron chi connectivity index (χ3n) is 3.56. The summed E-state index contributed by atoms with van der Waals surface area (Å²) in [5.41, 5.74) is 0.809. The lowest BCUT2D eigenvalue weighted by Gasteiger charge is -2.21. The van der Waals surface area contributed by atoms with Gasteiger partial charge in [0.2, 0.25) is 0 Å². The van der Waals surface area contributed by atoms with Crippen LogP contribution in [0, 0.1) is 5.82 Å². The fraction of sp³-hybridized carbons (Fsp3) is 0.278. The molecule has 0 aliphatic rings. The highest BCUT2D eigenvalue weighted by Crippen LogP contribution is 2.28. The molecule has 1 N–H and O–H groups in total. The van der Waals surface area contributed by atoms with Crippen LogP contribution < -0.4 is 10.1 Å². The predicted octanol–water partition coefficient (Wildman–Crippen LogP) is 5.17. The summed E-state index contributed by atoms with van der Waals surface area (Å²) in [5, 5.41) is 3.70. The first-order chi connectivity index (χ1) is 11.4. The molecule has 2 aromatic carbocycles. The number of halogens is 3. The third kappa shape index (κ3) is 4.86. The van der Waals surface area contributed by atoms with E-state index in [1.54, 1.807) is 30.3 Å². The van der Waals surface area contributed by atoms with Gasteiger partial charge in [0, 0.05) is 5.02 Å². The number of hydrogen-bond acceptors (Lipinski definition) is 2. The smallest absolute Gasteiger partial charge is 0.261 e. The van der Waals surface area contributed by atoms with Gasteiger partial charge in [0.25, 0.3) is 5.91 Å². The first-order valence-corrected chi connectivity index (χ1v) is 8.33. The van der Waals surface area contributed by atoms with E-state index in [2.05, 4.69) is 5.32 Å². The van der Waals surface area contributed by atoms with E-state index in [4.69, 9.17) is 27.9 Å². The highest BCUT2D eigenvalue weighted by molar-refractivity contribution is 6.35. The zero-order valence-corrected chi connectivity index (χ0v) is 14.9. The molecule has 1 amide bonds. The molecule has 0 fully saturated rings. The van der Waals surface area contributed by atoms with Crippen LogP contribution in [0.5, 0.6) is 5.75 Å². The molecule has 0 saturated heterocycles. The topological polar surface area (TPSA) is 38.3 Å². The third-order valence-corrected chi connectivity index (χ3v) is 4.09. The van der Waals surface area contributed by atoms with Crippen LogP contribution in [0.15, 0.2) is 42.5 Å². The number of amides is 1. The number of nitrogens with one attached hydrogen (secondary N) is 1. The molecule has 6 heteroatoms. The van der Waals surface area contributed by atoms with Gasteiger partial charge >= 0.3 is 0 Å². The van der Waals surface area contributed by atoms with Crippen LogP contribution >= 0.6 is 23.2 Å². The Labute approximate surface area is 150 Å². The summed E-state index contributed by atoms with van der Waals surface area (Å²) < 4.78 is 18.7. The van der Waals surface area contributed by atoms with Crippen LogP contribution in [-0.4, -0.2) is 12.0 Å². The number of hydrogen-bond donors (Lipinski definition) is 1. The number of carbonyl (C=O) groups excluding carboxylic acids is 1. The monoisotopic (exact) mass is 369 g/mol. The Kier molecular flexibility index (Phi) is 6.46. The highest BCUT2D eigenvalue weighted by atomic mass is 35.5. The van der Waals surface area contributed by atoms with E-state index in [0.29, 0.717) is 22.2 Å². The summed E-state index contributed by atoms with van der Waals surface area (Å²) in [4.78, 5) is 12.4. The Morgan fingerprint density at radius 3 is 2.46 bits per heavy atom. The average molecular weight is 370 g/mol. The van der Waals surface area contributed by atoms with Crippen LogP contribution in [0.25, 0.3) is 0 Å². The molecule has 24 heavy (non-hydrogen) atoms. The second-order valence-corrected chi connectivity index (χ2v) is 6.21. The minimum Gasteiger partial charge on any atom is -0.479 e. The van der Waals surface area contributed by atoms with Crippen LogP contribution in [0.1, 0.15) is 31.9 Å². The van der Waals surface area contributed by atoms with Crippen LogP contribution in [0.4, 0.5) is 4.39 Å². The van der Waals surface area contributed by atoms with Crippen molar-refractivity contribution in [3.05, 3.63) is 63.9 Å². The highest BCUT2D eigenvalue weighted by Gasteiger charge is 2.21. The standard InChI is InChI=1S/C18H18Cl2FNO2/c1-3-16(24-17-9-6-13(19)10-15(17)20)18(23)22-11(2)12-4-7-14(21)8-5-12/h4-11,16H,3H2,1-2H3,(H,22,23)/t11-,16+/m0/s1. The van der Waals surface area contributed by atoms with Gasteiger partial charge in [0.05, 0.1) is 11.1 Å². The average Bonchev–Trinajstić information content (AvgIpc) is 2.54. The molecule has 3 nitrogen and oxygen atoms in total. The second-order valence-electron chi connectivity index (χ2n) is 5.37. The second kappa shape index (κ2) is 8.36. The van der Waals surface area contributed by atoms with E-state index in [1.165, 1.54) is 12.1 Å². The molecule has 2 rings (SSSR count). The van der Waals surface area contributed by atoms with Crippen molar-refractivity contribution in [2.45, 2.75) is 32.4 Å². The van der Waals surface area contributed by atoms with Gasteiger partial charge < -0.3 is 10.1 Å². The lowest BCUT2D eigenvalue weighted by molar-refractivity contribution is -0.128. The molecule has 0 radical (unpaired) electrons. The zero-order chi connectivity index (χ0) is 17.7. The Bertz CT molecular complexity index is 707. The Hall–Kier alpha value is -1.78. The van der Waals surface area contributed by atoms with Gasteiger partial charge in [0.15, 0.2) is 6.10 Å². The molecule has 0 spiro atoms. The van der Waals surface area contributed by atoms with Crippen LogP contribution in [0.3, 0.4) is 0 Å². The fourth-order valence-electron chi connectivity index (χ4n) is 2.19. The van der Waals surface area contributed by atoms with Crippen molar-refractivity contribution in [1.29, 1.82) is 0 Å². The fourth-order valence-corrected chi connectivity index (χ4v) is 2.64. The summed E-state index contributed by atoms with van der Waals surface area (Å²) in [7, 11) is 0. The summed E-state index contributed by atoms with van der Waals surface area (Å²) >= 11 is 11.9. The lowest BCUT2D eigenvalue weighted by atomic mass is 10.1. The summed E-state index contributed by atoms with van der Waals surface area (Å²) in [6.07, 6.45) is -0.215. The maximum absolute atomic E-state index is 13.0. The molecule has 2 aromatic rings. The van der Waals surface area contributed by atoms with Crippen molar-refractivity contribution in [1.82, 2.24) is 5.32 Å². The number of ether oxygens (including phenoxy) is 1. The maximum atomic E-state index is 13.0. The van der Waals surface area contributed by atoms with Crippen molar-refractivity contribution >= 4 is 29.1 Å². The van der Waals surface area contributed by atoms with Crippen molar-refractivity contribution in [2.24, 2.45) is 0 Å². The molecule has 0 unspecified atom stereocenters. The number of benzene rings is 2. The Balaban J connectivity index is 2.04. The molecule has 0 aliphatic heterocycles. The molecule has 0 saturated carbocycles. The molecule has 0 aliphatic carbocycles. The van der Waals surface area contributed by atoms with Crippen molar-refractivity contribution in [2.75, 3.05) is 0 Å². The van der Waals surface area contributed by atoms with E-state index in [1.807, 2.05) is 13.8 Å². The number of rotatable bonds is 6. The molecule has 2 atom stereocenters. The molecule has 0 heterocycles. The molecule has 0 aromatic heterocycles. The largest absolute Gasteiger partial charge is 0.479 e. The van der Waals surface area contributed by atoms with Crippen molar-refractivity contribution < 1.29 is 13.9 Å². The summed E-state index contributed by atoms with van der Waals surface area (Å²) in [6, 6.07) is 10.6. The summed E-state index contributed by atoms with van der Waals surface area (Å²) in [6.45, 7) is 3.67. The van der Waals surface area contributed by atoms with Crippen LogP contribution in [-0.2, 0) is 4.79 Å². The quantitative estimate of drug-likeness (QED) is 0.762. The Morgan fingerprint density at radius 2 is 1.88 bits per heavy atom. The first kappa shape index (κ1) is 18.6. The summed E-state index contributed by atoms with van der Waals surface area (Å²) in [5.74, 6) is -0.178. The van der Waals surface area contributed by atoms with Crippen LogP contribution in [0.2, 0.25) is 10.0 Å². The Morgan fingerprint density at radius 1 is 1.21 bits per heavy atom. The van der Waals surface area contributed by atoms with Gasteiger partial charge in [-0.3, -0.25) is 4.79 Å². The normalized spacial score (nSPS) is 13.2. The van der Waals surface area contributed by atoms with E-state index in [0.717, 1.165) is 5.56 Å². The van der Waals surface area contributed by atoms with Gasteiger partial charge in [-0.1, -0.05) is 42.3 Å². The SMILES string of the molecule is CC[C@@H](Oc1ccc(Cl)cc1Cl)C(=O)N[C@@H](C)c1ccc(F)cc1. The van der Waals surface area contributed by atoms with Gasteiger partial charge in [0.1, 0.15) is 11.6 Å². The van der Waals surface area contributed by atoms with Gasteiger partial charge in [-0.25, -0.2) is 4.39 Å². The lowest BCUT2D eigenvalue weighted by Crippen LogP contribution is -2.39. The van der Waals surface area contributed by atoms with E-state index >= 15 is 0 Å². The minimum absolute atomic E-state index is 0.264. The van der Waals surface area contributed by atoms with Crippen molar-refractivity contribution in [3.63, 3.8) is 0 Å². The van der Waals surface area contributed by atoms with E-state index in [9.17, 15) is 9.18 Å². The zero-order valence-electron chi connectivity index (χ0n) is 13.4. The predicted molar refractivity (Wildman–Crippen MR) is 94.1 cm³/mol. The van der Waals surface area contributed by atoms with Gasteiger partial charge in [-0.05, 0) is 49.2 Å². The minimum atomic E-state index is -0.688. The van der Waals surface area contributed by atoms with E-state index < -0.39 is 6.10 Å². The van der Waals surface area contributed by atoms with E-state index in [-0.39, 0.29) is 17.8 Å². The first-order valence-electron chi connectivity index (χ1n) is 7.58. The molecular formula is C18H18Cl2FNO2.